The lowest BCUT2D eigenvalue weighted by Crippen LogP contribution is -2.46. The first-order valence-electron chi connectivity index (χ1n) is 9.48. The summed E-state index contributed by atoms with van der Waals surface area (Å²) in [7, 11) is 0. The topological polar surface area (TPSA) is 73.4 Å². The largest absolute Gasteiger partial charge is 0.344 e. The summed E-state index contributed by atoms with van der Waals surface area (Å²) in [5.74, 6) is 0.755. The van der Waals surface area contributed by atoms with Crippen molar-refractivity contribution in [2.24, 2.45) is 5.92 Å². The standard InChI is InChI=1S/C17H30N6OS/c1-13(2)7-8-22-9-11-23(12-10-22)17-21-20-16(25-17)19-15(24)18-14-5-3-4-6-14/h13-14H,3-12H2,1-2H3,(H2,18,19,20,24). The lowest BCUT2D eigenvalue weighted by Gasteiger charge is -2.34. The molecule has 2 aliphatic rings. The van der Waals surface area contributed by atoms with Crippen molar-refractivity contribution < 1.29 is 4.79 Å². The van der Waals surface area contributed by atoms with Crippen LogP contribution in [0, 0.1) is 5.92 Å². The van der Waals surface area contributed by atoms with Gasteiger partial charge in [-0.15, -0.1) is 10.2 Å². The molecular weight excluding hydrogens is 336 g/mol. The van der Waals surface area contributed by atoms with Crippen LogP contribution in [-0.2, 0) is 0 Å². The number of anilines is 2. The Balaban J connectivity index is 1.43. The van der Waals surface area contributed by atoms with Crippen LogP contribution in [0.4, 0.5) is 15.1 Å². The van der Waals surface area contributed by atoms with E-state index < -0.39 is 0 Å². The van der Waals surface area contributed by atoms with E-state index in [9.17, 15) is 4.79 Å². The second kappa shape index (κ2) is 8.80. The molecule has 140 valence electrons. The maximum absolute atomic E-state index is 12.0. The zero-order valence-electron chi connectivity index (χ0n) is 15.3. The second-order valence-corrected chi connectivity index (χ2v) is 8.44. The van der Waals surface area contributed by atoms with Gasteiger partial charge in [0.15, 0.2) is 0 Å². The Morgan fingerprint density at radius 1 is 1.20 bits per heavy atom. The minimum atomic E-state index is -0.159. The number of nitrogens with one attached hydrogen (secondary N) is 2. The van der Waals surface area contributed by atoms with Gasteiger partial charge in [0.2, 0.25) is 10.3 Å². The number of aromatic nitrogens is 2. The minimum Gasteiger partial charge on any atom is -0.344 e. The van der Waals surface area contributed by atoms with Crippen LogP contribution in [0.15, 0.2) is 0 Å². The van der Waals surface area contributed by atoms with Gasteiger partial charge in [0, 0.05) is 32.2 Å². The van der Waals surface area contributed by atoms with Gasteiger partial charge in [-0.25, -0.2) is 4.79 Å². The number of carbonyl (C=O) groups is 1. The Morgan fingerprint density at radius 2 is 1.92 bits per heavy atom. The van der Waals surface area contributed by atoms with E-state index in [2.05, 4.69) is 44.5 Å². The van der Waals surface area contributed by atoms with Crippen LogP contribution >= 0.6 is 11.3 Å². The number of hydrogen-bond donors (Lipinski definition) is 2. The van der Waals surface area contributed by atoms with Gasteiger partial charge in [0.1, 0.15) is 0 Å². The molecule has 2 amide bonds. The first-order chi connectivity index (χ1) is 12.1. The van der Waals surface area contributed by atoms with Crippen LogP contribution in [0.25, 0.3) is 0 Å². The smallest absolute Gasteiger partial charge is 0.321 e. The van der Waals surface area contributed by atoms with Crippen molar-refractivity contribution in [1.29, 1.82) is 0 Å². The highest BCUT2D eigenvalue weighted by molar-refractivity contribution is 7.19. The van der Waals surface area contributed by atoms with E-state index >= 15 is 0 Å². The van der Waals surface area contributed by atoms with Crippen LogP contribution in [0.5, 0.6) is 0 Å². The van der Waals surface area contributed by atoms with Gasteiger partial charge < -0.3 is 10.2 Å². The van der Waals surface area contributed by atoms with Gasteiger partial charge in [-0.05, 0) is 31.7 Å². The van der Waals surface area contributed by atoms with E-state index in [0.717, 1.165) is 50.1 Å². The van der Waals surface area contributed by atoms with E-state index in [1.54, 1.807) is 0 Å². The first-order valence-corrected chi connectivity index (χ1v) is 10.3. The Labute approximate surface area is 154 Å². The average Bonchev–Trinajstić information content (AvgIpc) is 3.25. The highest BCUT2D eigenvalue weighted by Crippen LogP contribution is 2.25. The van der Waals surface area contributed by atoms with Crippen molar-refractivity contribution in [2.45, 2.75) is 52.0 Å². The maximum atomic E-state index is 12.0. The van der Waals surface area contributed by atoms with Crippen molar-refractivity contribution in [3.05, 3.63) is 0 Å². The molecule has 2 heterocycles. The van der Waals surface area contributed by atoms with Crippen molar-refractivity contribution in [2.75, 3.05) is 42.9 Å². The minimum absolute atomic E-state index is 0.159. The number of amides is 2. The molecule has 8 heteroatoms. The molecule has 0 aromatic carbocycles. The van der Waals surface area contributed by atoms with Gasteiger partial charge in [0.25, 0.3) is 0 Å². The van der Waals surface area contributed by atoms with Crippen LogP contribution < -0.4 is 15.5 Å². The monoisotopic (exact) mass is 366 g/mol. The molecule has 7 nitrogen and oxygen atoms in total. The number of urea groups is 1. The van der Waals surface area contributed by atoms with Crippen LogP contribution in [0.3, 0.4) is 0 Å². The molecule has 1 aliphatic heterocycles. The molecule has 2 fully saturated rings. The van der Waals surface area contributed by atoms with E-state index in [1.165, 1.54) is 37.1 Å². The fourth-order valence-corrected chi connectivity index (χ4v) is 4.18. The zero-order valence-corrected chi connectivity index (χ0v) is 16.1. The third kappa shape index (κ3) is 5.54. The molecule has 0 atom stereocenters. The molecule has 0 unspecified atom stereocenters. The summed E-state index contributed by atoms with van der Waals surface area (Å²) in [5.41, 5.74) is 0. The van der Waals surface area contributed by atoms with Crippen molar-refractivity contribution in [3.63, 3.8) is 0 Å². The quantitative estimate of drug-likeness (QED) is 0.810. The Kier molecular flexibility index (Phi) is 6.47. The first kappa shape index (κ1) is 18.4. The average molecular weight is 367 g/mol. The van der Waals surface area contributed by atoms with Crippen LogP contribution in [-0.4, -0.2) is 59.9 Å². The molecular formula is C17H30N6OS. The lowest BCUT2D eigenvalue weighted by atomic mass is 10.1. The summed E-state index contributed by atoms with van der Waals surface area (Å²) in [6.45, 7) is 9.80. The van der Waals surface area contributed by atoms with Gasteiger partial charge in [-0.1, -0.05) is 38.0 Å². The third-order valence-corrected chi connectivity index (χ3v) is 5.89. The Bertz CT molecular complexity index is 549. The molecule has 0 spiro atoms. The lowest BCUT2D eigenvalue weighted by molar-refractivity contribution is 0.243. The summed E-state index contributed by atoms with van der Waals surface area (Å²) in [6, 6.07) is 0.152. The molecule has 1 saturated heterocycles. The van der Waals surface area contributed by atoms with E-state index in [-0.39, 0.29) is 6.03 Å². The predicted molar refractivity (Wildman–Crippen MR) is 102 cm³/mol. The second-order valence-electron chi connectivity index (χ2n) is 7.48. The van der Waals surface area contributed by atoms with Crippen molar-refractivity contribution in [3.8, 4) is 0 Å². The third-order valence-electron chi connectivity index (χ3n) is 4.99. The van der Waals surface area contributed by atoms with E-state index in [1.807, 2.05) is 0 Å². The predicted octanol–water partition coefficient (Wildman–Crippen LogP) is 2.77. The molecule has 0 bridgehead atoms. The number of rotatable bonds is 6. The highest BCUT2D eigenvalue weighted by Gasteiger charge is 2.21. The maximum Gasteiger partial charge on any atom is 0.321 e. The summed E-state index contributed by atoms with van der Waals surface area (Å²) in [5, 5.41) is 15.7. The summed E-state index contributed by atoms with van der Waals surface area (Å²) in [6.07, 6.45) is 5.82. The van der Waals surface area contributed by atoms with Gasteiger partial charge >= 0.3 is 6.03 Å². The molecule has 1 aromatic rings. The molecule has 1 aromatic heterocycles. The van der Waals surface area contributed by atoms with Crippen molar-refractivity contribution >= 4 is 27.6 Å². The highest BCUT2D eigenvalue weighted by atomic mass is 32.1. The van der Waals surface area contributed by atoms with Crippen LogP contribution in [0.1, 0.15) is 46.0 Å². The zero-order chi connectivity index (χ0) is 17.6. The fourth-order valence-electron chi connectivity index (χ4n) is 3.39. The van der Waals surface area contributed by atoms with Crippen molar-refractivity contribution in [1.82, 2.24) is 20.4 Å². The SMILES string of the molecule is CC(C)CCN1CCN(c2nnc(NC(=O)NC3CCCC3)s2)CC1. The summed E-state index contributed by atoms with van der Waals surface area (Å²) >= 11 is 1.46. The van der Waals surface area contributed by atoms with Gasteiger partial charge in [0.05, 0.1) is 0 Å². The molecule has 0 radical (unpaired) electrons. The number of piperazine rings is 1. The number of hydrogen-bond acceptors (Lipinski definition) is 6. The molecule has 2 N–H and O–H groups in total. The molecule has 25 heavy (non-hydrogen) atoms. The normalized spacial score (nSPS) is 19.6. The fraction of sp³-hybridized carbons (Fsp3) is 0.824. The molecule has 1 saturated carbocycles. The van der Waals surface area contributed by atoms with E-state index in [0.29, 0.717) is 11.2 Å². The van der Waals surface area contributed by atoms with Crippen LogP contribution in [0.2, 0.25) is 0 Å². The Hall–Kier alpha value is -1.41. The molecule has 3 rings (SSSR count). The summed E-state index contributed by atoms with van der Waals surface area (Å²) < 4.78 is 0. The number of nitrogens with zero attached hydrogens (tertiary/aromatic N) is 4. The summed E-state index contributed by atoms with van der Waals surface area (Å²) in [4.78, 5) is 16.8. The van der Waals surface area contributed by atoms with Gasteiger partial charge in [-0.2, -0.15) is 0 Å². The van der Waals surface area contributed by atoms with E-state index in [4.69, 9.17) is 0 Å². The Morgan fingerprint density at radius 3 is 2.60 bits per heavy atom. The molecule has 1 aliphatic carbocycles. The van der Waals surface area contributed by atoms with Gasteiger partial charge in [-0.3, -0.25) is 10.2 Å². The number of carbonyl (C=O) groups excluding carboxylic acids is 1.